The molecule has 0 fully saturated rings. The summed E-state index contributed by atoms with van der Waals surface area (Å²) in [5, 5.41) is 7.84. The number of anilines is 1. The molecular formula is C15H16N4O3. The summed E-state index contributed by atoms with van der Waals surface area (Å²) in [4.78, 5) is 33.6. The minimum absolute atomic E-state index is 0.0858. The Kier molecular flexibility index (Phi) is 4.77. The van der Waals surface area contributed by atoms with Crippen molar-refractivity contribution in [3.05, 3.63) is 29.8 Å². The van der Waals surface area contributed by atoms with Crippen molar-refractivity contribution in [1.29, 1.82) is 0 Å². The molecule has 1 aliphatic heterocycles. The van der Waals surface area contributed by atoms with Crippen LogP contribution in [0.1, 0.15) is 32.3 Å². The van der Waals surface area contributed by atoms with Crippen LogP contribution in [0.5, 0.6) is 0 Å². The molecule has 1 heterocycles. The molecule has 2 N–H and O–H groups in total. The van der Waals surface area contributed by atoms with E-state index >= 15 is 0 Å². The lowest BCUT2D eigenvalue weighted by atomic mass is 10.0. The predicted octanol–water partition coefficient (Wildman–Crippen LogP) is 1.25. The zero-order valence-corrected chi connectivity index (χ0v) is 12.3. The molecule has 0 atom stereocenters. The number of nitrogens with zero attached hydrogens (tertiary/aromatic N) is 2. The first-order chi connectivity index (χ1) is 10.5. The van der Waals surface area contributed by atoms with Crippen molar-refractivity contribution in [2.75, 3.05) is 5.43 Å². The number of amides is 1. The summed E-state index contributed by atoms with van der Waals surface area (Å²) >= 11 is 0. The lowest BCUT2D eigenvalue weighted by molar-refractivity contribution is -0.121. The van der Waals surface area contributed by atoms with Crippen molar-refractivity contribution >= 4 is 34.6 Å². The molecule has 22 heavy (non-hydrogen) atoms. The average molecular weight is 300 g/mol. The van der Waals surface area contributed by atoms with Crippen LogP contribution in [0.15, 0.2) is 34.5 Å². The number of nitrogens with one attached hydrogen (secondary N) is 2. The summed E-state index contributed by atoms with van der Waals surface area (Å²) in [5.41, 5.74) is 7.35. The Bertz CT molecular complexity index is 659. The van der Waals surface area contributed by atoms with Crippen LogP contribution in [0.25, 0.3) is 0 Å². The van der Waals surface area contributed by atoms with Gasteiger partial charge in [-0.25, -0.2) is 5.43 Å². The number of hydrogen-bond acceptors (Lipinski definition) is 6. The fourth-order valence-electron chi connectivity index (χ4n) is 1.95. The maximum Gasteiger partial charge on any atom is 0.240 e. The molecule has 0 unspecified atom stereocenters. The third-order valence-electron chi connectivity index (χ3n) is 3.09. The summed E-state index contributed by atoms with van der Waals surface area (Å²) in [6.45, 7) is 2.58. The average Bonchev–Trinajstić information content (AvgIpc) is 2.48. The Hall–Kier alpha value is -2.83. The highest BCUT2D eigenvalue weighted by atomic mass is 16.2. The zero-order valence-electron chi connectivity index (χ0n) is 12.3. The van der Waals surface area contributed by atoms with E-state index in [1.807, 2.05) is 12.1 Å². The normalized spacial score (nSPS) is 13.7. The van der Waals surface area contributed by atoms with Crippen molar-refractivity contribution in [3.63, 3.8) is 0 Å². The van der Waals surface area contributed by atoms with Gasteiger partial charge in [-0.05, 0) is 17.7 Å². The van der Waals surface area contributed by atoms with Crippen LogP contribution in [0, 0.1) is 0 Å². The van der Waals surface area contributed by atoms with Crippen LogP contribution >= 0.6 is 0 Å². The van der Waals surface area contributed by atoms with Gasteiger partial charge in [-0.15, -0.1) is 0 Å². The molecule has 0 saturated heterocycles. The first kappa shape index (κ1) is 15.6. The highest BCUT2D eigenvalue weighted by molar-refractivity contribution is 6.65. The van der Waals surface area contributed by atoms with Crippen molar-refractivity contribution in [3.8, 4) is 0 Å². The third kappa shape index (κ3) is 3.85. The lowest BCUT2D eigenvalue weighted by Crippen LogP contribution is -2.25. The zero-order chi connectivity index (χ0) is 16.1. The Balaban J connectivity index is 2.09. The standard InChI is InChI=1S/C15H16N4O3/c1-9(20)15(10(2)21)19-16-12-5-3-11(4-6-12)13-7-8-14(22)18-17-13/h3-6,16H,7-8H2,1-2H3,(H,18,22). The fraction of sp³-hybridized carbons (Fsp3) is 0.267. The first-order valence-corrected chi connectivity index (χ1v) is 6.79. The van der Waals surface area contributed by atoms with Gasteiger partial charge in [0.25, 0.3) is 0 Å². The van der Waals surface area contributed by atoms with Gasteiger partial charge in [-0.2, -0.15) is 10.2 Å². The molecule has 2 rings (SSSR count). The molecule has 1 aliphatic rings. The molecule has 0 aliphatic carbocycles. The minimum atomic E-state index is -0.385. The smallest absolute Gasteiger partial charge is 0.240 e. The summed E-state index contributed by atoms with van der Waals surface area (Å²) < 4.78 is 0. The van der Waals surface area contributed by atoms with Gasteiger partial charge in [-0.3, -0.25) is 19.8 Å². The van der Waals surface area contributed by atoms with E-state index in [-0.39, 0.29) is 23.2 Å². The molecule has 114 valence electrons. The number of ketones is 2. The van der Waals surface area contributed by atoms with Crippen LogP contribution < -0.4 is 10.9 Å². The maximum absolute atomic E-state index is 11.3. The quantitative estimate of drug-likeness (QED) is 0.485. The van der Waals surface area contributed by atoms with E-state index in [1.165, 1.54) is 13.8 Å². The number of rotatable bonds is 5. The van der Waals surface area contributed by atoms with Crippen molar-refractivity contribution in [1.82, 2.24) is 5.43 Å². The largest absolute Gasteiger partial charge is 0.293 e. The van der Waals surface area contributed by atoms with Crippen LogP contribution in [-0.4, -0.2) is 28.9 Å². The van der Waals surface area contributed by atoms with Crippen LogP contribution in [0.2, 0.25) is 0 Å². The monoisotopic (exact) mass is 300 g/mol. The van der Waals surface area contributed by atoms with Crippen molar-refractivity contribution < 1.29 is 14.4 Å². The number of hydrazone groups is 2. The second-order valence-corrected chi connectivity index (χ2v) is 4.86. The second-order valence-electron chi connectivity index (χ2n) is 4.86. The molecule has 0 bridgehead atoms. The van der Waals surface area contributed by atoms with Crippen LogP contribution in [-0.2, 0) is 14.4 Å². The second kappa shape index (κ2) is 6.75. The van der Waals surface area contributed by atoms with Gasteiger partial charge in [0.15, 0.2) is 17.3 Å². The van der Waals surface area contributed by atoms with Crippen LogP contribution in [0.4, 0.5) is 5.69 Å². The van der Waals surface area contributed by atoms with E-state index in [1.54, 1.807) is 12.1 Å². The summed E-state index contributed by atoms with van der Waals surface area (Å²) in [5.74, 6) is -0.856. The molecule has 0 spiro atoms. The SMILES string of the molecule is CC(=O)C(=NNc1ccc(C2=NNC(=O)CC2)cc1)C(C)=O. The molecular weight excluding hydrogens is 284 g/mol. The lowest BCUT2D eigenvalue weighted by Gasteiger charge is -2.12. The predicted molar refractivity (Wildman–Crippen MR) is 82.8 cm³/mol. The Morgan fingerprint density at radius 2 is 1.77 bits per heavy atom. The molecule has 7 heteroatoms. The molecule has 1 aromatic rings. The van der Waals surface area contributed by atoms with Gasteiger partial charge >= 0.3 is 0 Å². The van der Waals surface area contributed by atoms with E-state index in [9.17, 15) is 14.4 Å². The molecule has 0 radical (unpaired) electrons. The number of carbonyl (C=O) groups is 3. The Labute approximate surface area is 127 Å². The minimum Gasteiger partial charge on any atom is -0.293 e. The number of Topliss-reactive ketones (excluding diaryl/α,β-unsaturated/α-hetero) is 2. The van der Waals surface area contributed by atoms with Gasteiger partial charge in [0, 0.05) is 26.7 Å². The summed E-state index contributed by atoms with van der Waals surface area (Å²) in [7, 11) is 0. The van der Waals surface area contributed by atoms with E-state index < -0.39 is 0 Å². The van der Waals surface area contributed by atoms with Crippen molar-refractivity contribution in [2.24, 2.45) is 10.2 Å². The van der Waals surface area contributed by atoms with Crippen molar-refractivity contribution in [2.45, 2.75) is 26.7 Å². The van der Waals surface area contributed by atoms with Gasteiger partial charge in [0.1, 0.15) is 0 Å². The summed E-state index contributed by atoms with van der Waals surface area (Å²) in [6, 6.07) is 7.18. The highest BCUT2D eigenvalue weighted by Gasteiger charge is 2.13. The molecule has 0 aromatic heterocycles. The first-order valence-electron chi connectivity index (χ1n) is 6.79. The van der Waals surface area contributed by atoms with E-state index in [2.05, 4.69) is 21.1 Å². The number of carbonyl (C=O) groups excluding carboxylic acids is 3. The molecule has 1 aromatic carbocycles. The fourth-order valence-corrected chi connectivity index (χ4v) is 1.95. The Morgan fingerprint density at radius 3 is 2.27 bits per heavy atom. The van der Waals surface area contributed by atoms with E-state index in [0.29, 0.717) is 18.5 Å². The third-order valence-corrected chi connectivity index (χ3v) is 3.09. The molecule has 1 amide bonds. The van der Waals surface area contributed by atoms with E-state index in [4.69, 9.17) is 0 Å². The van der Waals surface area contributed by atoms with Gasteiger partial charge in [-0.1, -0.05) is 12.1 Å². The van der Waals surface area contributed by atoms with Gasteiger partial charge in [0.05, 0.1) is 11.4 Å². The highest BCUT2D eigenvalue weighted by Crippen LogP contribution is 2.14. The molecule has 7 nitrogen and oxygen atoms in total. The maximum atomic E-state index is 11.3. The van der Waals surface area contributed by atoms with E-state index in [0.717, 1.165) is 11.3 Å². The number of benzene rings is 1. The number of hydrogen-bond donors (Lipinski definition) is 2. The topological polar surface area (TPSA) is 100.0 Å². The molecule has 0 saturated carbocycles. The van der Waals surface area contributed by atoms with Gasteiger partial charge < -0.3 is 0 Å². The van der Waals surface area contributed by atoms with Gasteiger partial charge in [0.2, 0.25) is 5.91 Å². The summed E-state index contributed by atoms with van der Waals surface area (Å²) in [6.07, 6.45) is 1.01. The Morgan fingerprint density at radius 1 is 1.14 bits per heavy atom. The van der Waals surface area contributed by atoms with Crippen LogP contribution in [0.3, 0.4) is 0 Å².